The minimum atomic E-state index is 0.0884. The zero-order valence-corrected chi connectivity index (χ0v) is 8.87. The van der Waals surface area contributed by atoms with Crippen molar-refractivity contribution in [2.45, 2.75) is 0 Å². The van der Waals surface area contributed by atoms with E-state index in [2.05, 4.69) is 0 Å². The van der Waals surface area contributed by atoms with Crippen LogP contribution in [0, 0.1) is 0 Å². The zero-order valence-electron chi connectivity index (χ0n) is 4.94. The van der Waals surface area contributed by atoms with Crippen molar-refractivity contribution in [3.63, 3.8) is 0 Å². The first-order chi connectivity index (χ1) is 4.63. The summed E-state index contributed by atoms with van der Waals surface area (Å²) >= 11 is 12.7. The van der Waals surface area contributed by atoms with Crippen molar-refractivity contribution in [2.75, 3.05) is 0 Å². The van der Waals surface area contributed by atoms with E-state index >= 15 is 0 Å². The molecule has 1 nitrogen and oxygen atoms in total. The van der Waals surface area contributed by atoms with Crippen LogP contribution in [0.3, 0.4) is 0 Å². The van der Waals surface area contributed by atoms with E-state index < -0.39 is 0 Å². The fourth-order valence-electron chi connectivity index (χ4n) is 0.558. The molecule has 1 rings (SSSR count). The normalized spacial score (nSPS) is 9.90. The second kappa shape index (κ2) is 3.04. The van der Waals surface area contributed by atoms with Crippen molar-refractivity contribution in [3.05, 3.63) is 22.2 Å². The van der Waals surface area contributed by atoms with Gasteiger partial charge in [0.05, 0.1) is 0 Å². The molecule has 1 unspecified atom stereocenters. The molecule has 1 aromatic carbocycles. The Labute approximate surface area is 77.5 Å². The number of rotatable bonds is 0. The average Bonchev–Trinajstić information content (AvgIpc) is 1.93. The Morgan fingerprint density at radius 2 is 1.90 bits per heavy atom. The molecular weight excluding hydrogens is 234 g/mol. The number of phenolic OH excluding ortho intramolecular Hbond substituents is 1. The van der Waals surface area contributed by atoms with E-state index in [9.17, 15) is 0 Å². The molecule has 0 bridgehead atoms. The molecule has 0 heterocycles. The van der Waals surface area contributed by atoms with Gasteiger partial charge in [-0.05, 0) is 0 Å². The molecule has 10 heavy (non-hydrogen) atoms. The molecule has 0 fully saturated rings. The summed E-state index contributed by atoms with van der Waals surface area (Å²) in [5.74, 6) is 0.0884. The second-order valence-electron chi connectivity index (χ2n) is 1.79. The summed E-state index contributed by atoms with van der Waals surface area (Å²) in [5, 5.41) is 10.00. The van der Waals surface area contributed by atoms with Crippen molar-refractivity contribution in [2.24, 2.45) is 0 Å². The van der Waals surface area contributed by atoms with Gasteiger partial charge >= 0.3 is 77.4 Å². The number of benzene rings is 1. The quantitative estimate of drug-likeness (QED) is 0.668. The average molecular weight is 239 g/mol. The van der Waals surface area contributed by atoms with E-state index in [1.807, 2.05) is 0 Å². The van der Waals surface area contributed by atoms with Gasteiger partial charge in [0.25, 0.3) is 0 Å². The predicted octanol–water partition coefficient (Wildman–Crippen LogP) is 0.957. The van der Waals surface area contributed by atoms with E-state index in [0.717, 1.165) is 4.35 Å². The molecule has 0 aliphatic rings. The zero-order chi connectivity index (χ0) is 7.72. The molecule has 1 N–H and O–H groups in total. The van der Waals surface area contributed by atoms with Crippen LogP contribution in [-0.4, -0.2) is 22.0 Å². The fourth-order valence-corrected chi connectivity index (χ4v) is 1.44. The van der Waals surface area contributed by atoms with E-state index in [-0.39, 0.29) is 5.75 Å². The molecule has 0 aliphatic carbocycles. The van der Waals surface area contributed by atoms with Crippen molar-refractivity contribution in [3.8, 4) is 5.75 Å². The number of halogens is 2. The van der Waals surface area contributed by atoms with Gasteiger partial charge in [-0.25, -0.2) is 0 Å². The van der Waals surface area contributed by atoms with Gasteiger partial charge in [-0.1, -0.05) is 0 Å². The van der Waals surface area contributed by atoms with E-state index in [4.69, 9.17) is 28.3 Å². The van der Waals surface area contributed by atoms with Gasteiger partial charge in [0, 0.05) is 0 Å². The molecule has 1 aromatic rings. The molecule has 0 saturated heterocycles. The Balaban J connectivity index is 3.34. The molecule has 0 spiro atoms. The van der Waals surface area contributed by atoms with Crippen LogP contribution in [0.1, 0.15) is 0 Å². The first kappa shape index (κ1) is 8.26. The van der Waals surface area contributed by atoms with Crippen LogP contribution in [0.5, 0.6) is 5.75 Å². The summed E-state index contributed by atoms with van der Waals surface area (Å²) < 4.78 is 0.774. The van der Waals surface area contributed by atoms with Crippen LogP contribution in [0.25, 0.3) is 0 Å². The summed E-state index contributed by atoms with van der Waals surface area (Å²) in [6, 6.07) is 3.10. The van der Waals surface area contributed by atoms with Crippen molar-refractivity contribution < 1.29 is 5.11 Å². The molecule has 54 valence electrons. The van der Waals surface area contributed by atoms with Crippen LogP contribution in [0.2, 0.25) is 10.0 Å². The number of phenols is 1. The number of hydrogen-bond acceptors (Lipinski definition) is 1. The number of hydrogen-bond donors (Lipinski definition) is 1. The Morgan fingerprint density at radius 3 is 2.40 bits per heavy atom. The van der Waals surface area contributed by atoms with E-state index in [1.165, 1.54) is 22.9 Å². The number of aromatic hydroxyl groups is 1. The Kier molecular flexibility index (Phi) is 2.51. The minimum absolute atomic E-state index is 0.0884. The third kappa shape index (κ3) is 1.42. The maximum atomic E-state index is 9.04. The summed E-state index contributed by atoms with van der Waals surface area (Å²) in [5.41, 5.74) is 0. The van der Waals surface area contributed by atoms with Gasteiger partial charge in [0.1, 0.15) is 0 Å². The summed E-state index contributed by atoms with van der Waals surface area (Å²) in [6.07, 6.45) is 0. The summed E-state index contributed by atoms with van der Waals surface area (Å²) in [7, 11) is 0. The third-order valence-corrected chi connectivity index (χ3v) is 3.86. The van der Waals surface area contributed by atoms with E-state index in [1.54, 1.807) is 6.07 Å². The molecule has 0 aliphatic heterocycles. The Hall–Kier alpha value is 0.158. The summed E-state index contributed by atoms with van der Waals surface area (Å²) in [4.78, 5) is 0. The topological polar surface area (TPSA) is 20.2 Å². The molecule has 0 aromatic heterocycles. The molecular formula is C6H5AsCl2O. The van der Waals surface area contributed by atoms with Gasteiger partial charge < -0.3 is 0 Å². The first-order valence-electron chi connectivity index (χ1n) is 2.55. The maximum absolute atomic E-state index is 9.04. The van der Waals surface area contributed by atoms with Gasteiger partial charge in [0.15, 0.2) is 0 Å². The fraction of sp³-hybridized carbons (Fsp3) is 0. The molecule has 0 radical (unpaired) electrons. The summed E-state index contributed by atoms with van der Waals surface area (Å²) in [6.45, 7) is 0. The van der Waals surface area contributed by atoms with Gasteiger partial charge in [-0.3, -0.25) is 0 Å². The molecule has 0 amide bonds. The van der Waals surface area contributed by atoms with Gasteiger partial charge in [-0.15, -0.1) is 0 Å². The second-order valence-corrected chi connectivity index (χ2v) is 3.79. The Bertz CT molecular complexity index is 235. The van der Waals surface area contributed by atoms with Crippen LogP contribution in [-0.2, 0) is 0 Å². The van der Waals surface area contributed by atoms with Crippen LogP contribution >= 0.6 is 23.2 Å². The van der Waals surface area contributed by atoms with Crippen molar-refractivity contribution >= 4 is 44.4 Å². The predicted molar refractivity (Wildman–Crippen MR) is 46.3 cm³/mol. The third-order valence-electron chi connectivity index (χ3n) is 1.11. The van der Waals surface area contributed by atoms with Gasteiger partial charge in [0.2, 0.25) is 0 Å². The standard InChI is InChI=1S/C6H5AsCl2O/c7-5-3(8)1-2-4(10)6(5)9/h1-2,10H,7H2. The van der Waals surface area contributed by atoms with Crippen LogP contribution in [0.15, 0.2) is 12.1 Å². The van der Waals surface area contributed by atoms with Crippen LogP contribution in [0.4, 0.5) is 0 Å². The SMILES string of the molecule is Oc1ccc(Cl)c([AsH2])c1Cl. The first-order valence-corrected chi connectivity index (χ1v) is 4.52. The van der Waals surface area contributed by atoms with Gasteiger partial charge in [-0.2, -0.15) is 0 Å². The van der Waals surface area contributed by atoms with E-state index in [0.29, 0.717) is 10.0 Å². The molecule has 1 atom stereocenters. The van der Waals surface area contributed by atoms with Crippen molar-refractivity contribution in [1.82, 2.24) is 0 Å². The van der Waals surface area contributed by atoms with Crippen LogP contribution < -0.4 is 4.35 Å². The Morgan fingerprint density at radius 1 is 1.30 bits per heavy atom. The van der Waals surface area contributed by atoms with Crippen molar-refractivity contribution in [1.29, 1.82) is 0 Å². The molecule has 0 saturated carbocycles. The monoisotopic (exact) mass is 238 g/mol. The molecule has 4 heteroatoms.